The molecule has 2 saturated heterocycles. The number of urea groups is 1. The van der Waals surface area contributed by atoms with Crippen LogP contribution in [0.2, 0.25) is 0 Å². The third-order valence-electron chi connectivity index (χ3n) is 3.33. The van der Waals surface area contributed by atoms with Gasteiger partial charge in [-0.05, 0) is 25.9 Å². The lowest BCUT2D eigenvalue weighted by molar-refractivity contribution is 0.202. The van der Waals surface area contributed by atoms with E-state index < -0.39 is 0 Å². The molecule has 2 rings (SSSR count). The lowest BCUT2D eigenvalue weighted by Crippen LogP contribution is -2.39. The number of carbonyl (C=O) groups excluding carboxylic acids is 1. The molecule has 1 N–H and O–H groups in total. The van der Waals surface area contributed by atoms with Gasteiger partial charge in [0, 0.05) is 26.2 Å². The van der Waals surface area contributed by atoms with E-state index in [-0.39, 0.29) is 6.03 Å². The second-order valence-electron chi connectivity index (χ2n) is 4.06. The van der Waals surface area contributed by atoms with Crippen molar-refractivity contribution >= 4 is 6.03 Å². The monoisotopic (exact) mass is 183 g/mol. The first kappa shape index (κ1) is 8.81. The number of carbonyl (C=O) groups is 1. The second-order valence-corrected chi connectivity index (χ2v) is 4.06. The molecule has 74 valence electrons. The fourth-order valence-electron chi connectivity index (χ4n) is 2.50. The zero-order chi connectivity index (χ0) is 9.42. The summed E-state index contributed by atoms with van der Waals surface area (Å²) < 4.78 is 0. The van der Waals surface area contributed by atoms with E-state index in [0.29, 0.717) is 12.0 Å². The quantitative estimate of drug-likeness (QED) is 0.572. The zero-order valence-corrected chi connectivity index (χ0v) is 8.29. The Morgan fingerprint density at radius 2 is 2.23 bits per heavy atom. The molecule has 2 fully saturated rings. The smallest absolute Gasteiger partial charge is 0.317 e. The third-order valence-corrected chi connectivity index (χ3v) is 3.33. The minimum atomic E-state index is 0.0720. The molecule has 2 heterocycles. The standard InChI is InChI=1S/C9H17N3O/c1-10-9(13)12-5-7-3-4-11(2)8(7)6-12/h7-8H,3-6H2,1-2H3,(H,10,13). The number of hydrogen-bond acceptors (Lipinski definition) is 2. The fraction of sp³-hybridized carbons (Fsp3) is 0.889. The predicted molar refractivity (Wildman–Crippen MR) is 50.6 cm³/mol. The molecule has 4 heteroatoms. The Kier molecular flexibility index (Phi) is 2.15. The Bertz CT molecular complexity index is 219. The van der Waals surface area contributed by atoms with Crippen molar-refractivity contribution in [3.63, 3.8) is 0 Å². The van der Waals surface area contributed by atoms with Crippen molar-refractivity contribution in [3.05, 3.63) is 0 Å². The number of amides is 2. The molecule has 0 radical (unpaired) electrons. The van der Waals surface area contributed by atoms with Gasteiger partial charge in [-0.2, -0.15) is 0 Å². The summed E-state index contributed by atoms with van der Waals surface area (Å²) in [5.41, 5.74) is 0. The summed E-state index contributed by atoms with van der Waals surface area (Å²) in [5.74, 6) is 0.710. The van der Waals surface area contributed by atoms with Gasteiger partial charge in [0.05, 0.1) is 0 Å². The highest BCUT2D eigenvalue weighted by molar-refractivity contribution is 5.74. The maximum atomic E-state index is 11.3. The summed E-state index contributed by atoms with van der Waals surface area (Å²) in [6.07, 6.45) is 1.24. The van der Waals surface area contributed by atoms with Crippen molar-refractivity contribution in [1.82, 2.24) is 15.1 Å². The largest absolute Gasteiger partial charge is 0.341 e. The van der Waals surface area contributed by atoms with Gasteiger partial charge in [0.2, 0.25) is 0 Å². The predicted octanol–water partition coefficient (Wildman–Crippen LogP) is -0.0383. The van der Waals surface area contributed by atoms with E-state index in [0.717, 1.165) is 13.1 Å². The van der Waals surface area contributed by atoms with Gasteiger partial charge in [-0.1, -0.05) is 0 Å². The van der Waals surface area contributed by atoms with E-state index in [4.69, 9.17) is 0 Å². The Hall–Kier alpha value is -0.770. The van der Waals surface area contributed by atoms with Gasteiger partial charge in [0.1, 0.15) is 0 Å². The van der Waals surface area contributed by atoms with Crippen LogP contribution in [0.15, 0.2) is 0 Å². The van der Waals surface area contributed by atoms with Crippen LogP contribution in [0.5, 0.6) is 0 Å². The zero-order valence-electron chi connectivity index (χ0n) is 8.29. The first-order chi connectivity index (χ1) is 6.22. The maximum Gasteiger partial charge on any atom is 0.317 e. The average Bonchev–Trinajstić information content (AvgIpc) is 2.67. The van der Waals surface area contributed by atoms with Crippen LogP contribution in [-0.2, 0) is 0 Å². The number of rotatable bonds is 0. The van der Waals surface area contributed by atoms with Gasteiger partial charge in [-0.3, -0.25) is 0 Å². The molecule has 0 spiro atoms. The van der Waals surface area contributed by atoms with Gasteiger partial charge in [-0.25, -0.2) is 4.79 Å². The van der Waals surface area contributed by atoms with E-state index in [9.17, 15) is 4.79 Å². The van der Waals surface area contributed by atoms with Crippen LogP contribution in [0.4, 0.5) is 4.79 Å². The number of likely N-dealkylation sites (N-methyl/N-ethyl adjacent to an activating group) is 1. The fourth-order valence-corrected chi connectivity index (χ4v) is 2.50. The molecule has 0 bridgehead atoms. The summed E-state index contributed by atoms with van der Waals surface area (Å²) in [4.78, 5) is 15.6. The van der Waals surface area contributed by atoms with Gasteiger partial charge >= 0.3 is 6.03 Å². The summed E-state index contributed by atoms with van der Waals surface area (Å²) in [6.45, 7) is 3.03. The van der Waals surface area contributed by atoms with Crippen LogP contribution < -0.4 is 5.32 Å². The average molecular weight is 183 g/mol. The van der Waals surface area contributed by atoms with Crippen molar-refractivity contribution in [1.29, 1.82) is 0 Å². The molecular weight excluding hydrogens is 166 g/mol. The Labute approximate surface area is 78.9 Å². The van der Waals surface area contributed by atoms with E-state index in [1.54, 1.807) is 7.05 Å². The summed E-state index contributed by atoms with van der Waals surface area (Å²) in [6, 6.07) is 0.681. The molecule has 2 atom stereocenters. The highest BCUT2D eigenvalue weighted by Crippen LogP contribution is 2.29. The molecule has 0 saturated carbocycles. The number of hydrogen-bond donors (Lipinski definition) is 1. The molecule has 2 amide bonds. The summed E-state index contributed by atoms with van der Waals surface area (Å²) in [5, 5.41) is 2.68. The van der Waals surface area contributed by atoms with Gasteiger partial charge in [-0.15, -0.1) is 0 Å². The molecular formula is C9H17N3O. The highest BCUT2D eigenvalue weighted by Gasteiger charge is 2.40. The molecule has 13 heavy (non-hydrogen) atoms. The van der Waals surface area contributed by atoms with Gasteiger partial charge < -0.3 is 15.1 Å². The van der Waals surface area contributed by atoms with Gasteiger partial charge in [0.25, 0.3) is 0 Å². The molecule has 0 aromatic carbocycles. The van der Waals surface area contributed by atoms with Crippen LogP contribution >= 0.6 is 0 Å². The Balaban J connectivity index is 1.98. The molecule has 0 aromatic rings. The minimum absolute atomic E-state index is 0.0720. The second kappa shape index (κ2) is 3.18. The van der Waals surface area contributed by atoms with Crippen LogP contribution in [0, 0.1) is 5.92 Å². The lowest BCUT2D eigenvalue weighted by atomic mass is 10.1. The Morgan fingerprint density at radius 3 is 2.85 bits per heavy atom. The minimum Gasteiger partial charge on any atom is -0.341 e. The van der Waals surface area contributed by atoms with E-state index in [2.05, 4.69) is 17.3 Å². The molecule has 2 unspecified atom stereocenters. The van der Waals surface area contributed by atoms with Crippen molar-refractivity contribution in [2.75, 3.05) is 33.7 Å². The third kappa shape index (κ3) is 1.39. The number of nitrogens with zero attached hydrogens (tertiary/aromatic N) is 2. The van der Waals surface area contributed by atoms with Crippen LogP contribution in [0.3, 0.4) is 0 Å². The van der Waals surface area contributed by atoms with E-state index in [1.807, 2.05) is 4.90 Å². The van der Waals surface area contributed by atoms with Crippen LogP contribution in [-0.4, -0.2) is 55.6 Å². The van der Waals surface area contributed by atoms with Crippen molar-refractivity contribution in [3.8, 4) is 0 Å². The number of likely N-dealkylation sites (tertiary alicyclic amines) is 2. The molecule has 0 aliphatic carbocycles. The van der Waals surface area contributed by atoms with Crippen molar-refractivity contribution in [2.45, 2.75) is 12.5 Å². The lowest BCUT2D eigenvalue weighted by Gasteiger charge is -2.20. The van der Waals surface area contributed by atoms with Crippen molar-refractivity contribution in [2.24, 2.45) is 5.92 Å². The molecule has 0 aromatic heterocycles. The van der Waals surface area contributed by atoms with Crippen LogP contribution in [0.25, 0.3) is 0 Å². The van der Waals surface area contributed by atoms with Crippen molar-refractivity contribution < 1.29 is 4.79 Å². The van der Waals surface area contributed by atoms with Gasteiger partial charge in [0.15, 0.2) is 0 Å². The first-order valence-corrected chi connectivity index (χ1v) is 4.89. The highest BCUT2D eigenvalue weighted by atomic mass is 16.2. The number of nitrogens with one attached hydrogen (secondary N) is 1. The summed E-state index contributed by atoms with van der Waals surface area (Å²) >= 11 is 0. The summed E-state index contributed by atoms with van der Waals surface area (Å²) in [7, 11) is 3.85. The first-order valence-electron chi connectivity index (χ1n) is 4.89. The normalized spacial score (nSPS) is 33.5. The van der Waals surface area contributed by atoms with Crippen LogP contribution in [0.1, 0.15) is 6.42 Å². The maximum absolute atomic E-state index is 11.3. The molecule has 2 aliphatic rings. The van der Waals surface area contributed by atoms with E-state index >= 15 is 0 Å². The topological polar surface area (TPSA) is 35.6 Å². The Morgan fingerprint density at radius 1 is 1.46 bits per heavy atom. The SMILES string of the molecule is CNC(=O)N1CC2CCN(C)C2C1. The molecule has 4 nitrogen and oxygen atoms in total. The molecule has 2 aliphatic heterocycles. The van der Waals surface area contributed by atoms with E-state index in [1.165, 1.54) is 13.0 Å². The number of fused-ring (bicyclic) bond motifs is 1.